The zero-order valence-corrected chi connectivity index (χ0v) is 13.0. The number of hydrogen-bond acceptors (Lipinski definition) is 0. The highest BCUT2D eigenvalue weighted by Crippen LogP contribution is 2.70. The lowest BCUT2D eigenvalue weighted by atomic mass is 9.70. The first-order valence-electron chi connectivity index (χ1n) is 8.08. The van der Waals surface area contributed by atoms with Crippen LogP contribution in [0.25, 0.3) is 0 Å². The van der Waals surface area contributed by atoms with Crippen molar-refractivity contribution in [3.8, 4) is 0 Å². The van der Waals surface area contributed by atoms with Crippen molar-refractivity contribution in [3.63, 3.8) is 0 Å². The van der Waals surface area contributed by atoms with Crippen LogP contribution in [0.15, 0.2) is 24.3 Å². The third kappa shape index (κ3) is 1.87. The average Bonchev–Trinajstić information content (AvgIpc) is 2.75. The van der Waals surface area contributed by atoms with Gasteiger partial charge in [-0.25, -0.2) is 0 Å². The topological polar surface area (TPSA) is 0 Å². The number of hydrogen-bond donors (Lipinski definition) is 0. The van der Waals surface area contributed by atoms with Crippen LogP contribution in [-0.2, 0) is 6.42 Å². The quantitative estimate of drug-likeness (QED) is 0.663. The summed E-state index contributed by atoms with van der Waals surface area (Å²) >= 11 is 0. The largest absolute Gasteiger partial charge is 0.0651 e. The van der Waals surface area contributed by atoms with Gasteiger partial charge in [-0.05, 0) is 59.5 Å². The first-order valence-corrected chi connectivity index (χ1v) is 8.08. The summed E-state index contributed by atoms with van der Waals surface area (Å²) in [4.78, 5) is 0. The van der Waals surface area contributed by atoms with Gasteiger partial charge >= 0.3 is 0 Å². The zero-order chi connectivity index (χ0) is 13.7. The van der Waals surface area contributed by atoms with E-state index in [-0.39, 0.29) is 0 Å². The summed E-state index contributed by atoms with van der Waals surface area (Å²) in [6.07, 6.45) is 6.73. The molecule has 2 aliphatic carbocycles. The molecule has 3 rings (SSSR count). The van der Waals surface area contributed by atoms with E-state index in [2.05, 4.69) is 52.0 Å². The Bertz CT molecular complexity index is 457. The Balaban J connectivity index is 1.87. The van der Waals surface area contributed by atoms with Gasteiger partial charge in [0.25, 0.3) is 0 Å². The molecule has 4 atom stereocenters. The Labute approximate surface area is 118 Å². The lowest BCUT2D eigenvalue weighted by molar-refractivity contribution is 0.226. The number of fused-ring (bicyclic) bond motifs is 2. The molecule has 0 heterocycles. The minimum absolute atomic E-state index is 0.543. The third-order valence-corrected chi connectivity index (χ3v) is 6.66. The summed E-state index contributed by atoms with van der Waals surface area (Å²) in [6.45, 7) is 9.82. The Hall–Kier alpha value is -0.780. The second-order valence-corrected chi connectivity index (χ2v) is 7.63. The molecular formula is C19H28. The van der Waals surface area contributed by atoms with E-state index in [1.807, 2.05) is 0 Å². The minimum Gasteiger partial charge on any atom is -0.0651 e. The summed E-state index contributed by atoms with van der Waals surface area (Å²) in [7, 11) is 0. The molecule has 4 unspecified atom stereocenters. The molecule has 0 aliphatic heterocycles. The molecule has 104 valence electrons. The predicted molar refractivity (Wildman–Crippen MR) is 82.4 cm³/mol. The lowest BCUT2D eigenvalue weighted by Crippen LogP contribution is -2.23. The average molecular weight is 256 g/mol. The molecule has 0 aromatic heterocycles. The molecule has 2 saturated carbocycles. The molecular weight excluding hydrogens is 228 g/mol. The number of rotatable bonds is 3. The van der Waals surface area contributed by atoms with E-state index < -0.39 is 0 Å². The van der Waals surface area contributed by atoms with E-state index in [9.17, 15) is 0 Å². The Morgan fingerprint density at radius 3 is 2.26 bits per heavy atom. The normalized spacial score (nSPS) is 40.8. The maximum Gasteiger partial charge on any atom is -0.00999 e. The fourth-order valence-corrected chi connectivity index (χ4v) is 4.94. The minimum atomic E-state index is 0.543. The van der Waals surface area contributed by atoms with E-state index >= 15 is 0 Å². The molecule has 1 aromatic rings. The summed E-state index contributed by atoms with van der Waals surface area (Å²) in [5.74, 6) is 1.66. The number of aryl methyl sites for hydroxylation is 1. The fourth-order valence-electron chi connectivity index (χ4n) is 4.94. The van der Waals surface area contributed by atoms with Gasteiger partial charge in [0.2, 0.25) is 0 Å². The monoisotopic (exact) mass is 256 g/mol. The maximum absolute atomic E-state index is 2.54. The first kappa shape index (κ1) is 13.2. The molecule has 0 heteroatoms. The number of benzene rings is 1. The van der Waals surface area contributed by atoms with Gasteiger partial charge < -0.3 is 0 Å². The lowest BCUT2D eigenvalue weighted by Gasteiger charge is -2.34. The van der Waals surface area contributed by atoms with E-state index in [0.717, 1.165) is 11.8 Å². The molecule has 2 aliphatic rings. The highest BCUT2D eigenvalue weighted by atomic mass is 14.6. The molecule has 0 N–H and O–H groups in total. The molecule has 19 heavy (non-hydrogen) atoms. The molecule has 1 aromatic carbocycles. The van der Waals surface area contributed by atoms with Gasteiger partial charge in [0, 0.05) is 0 Å². The van der Waals surface area contributed by atoms with Crippen LogP contribution in [0.3, 0.4) is 0 Å². The van der Waals surface area contributed by atoms with E-state index in [1.165, 1.54) is 37.7 Å². The first-order chi connectivity index (χ1) is 8.99. The van der Waals surface area contributed by atoms with Crippen molar-refractivity contribution in [1.29, 1.82) is 0 Å². The van der Waals surface area contributed by atoms with Crippen LogP contribution in [0.5, 0.6) is 0 Å². The molecule has 2 fully saturated rings. The summed E-state index contributed by atoms with van der Waals surface area (Å²) in [5.41, 5.74) is 4.24. The van der Waals surface area contributed by atoms with Crippen molar-refractivity contribution in [2.24, 2.45) is 16.7 Å². The zero-order valence-electron chi connectivity index (χ0n) is 13.0. The molecule has 0 radical (unpaired) electrons. The van der Waals surface area contributed by atoms with Crippen molar-refractivity contribution < 1.29 is 0 Å². The summed E-state index contributed by atoms with van der Waals surface area (Å²) < 4.78 is 0. The van der Waals surface area contributed by atoms with Crippen LogP contribution < -0.4 is 0 Å². The van der Waals surface area contributed by atoms with E-state index in [1.54, 1.807) is 5.56 Å². The van der Waals surface area contributed by atoms with Gasteiger partial charge in [0.15, 0.2) is 0 Å². The van der Waals surface area contributed by atoms with Crippen LogP contribution in [-0.4, -0.2) is 0 Å². The van der Waals surface area contributed by atoms with Crippen LogP contribution in [0.4, 0.5) is 0 Å². The van der Waals surface area contributed by atoms with Gasteiger partial charge in [0.05, 0.1) is 0 Å². The van der Waals surface area contributed by atoms with Crippen molar-refractivity contribution >= 4 is 0 Å². The Morgan fingerprint density at radius 2 is 1.79 bits per heavy atom. The second-order valence-electron chi connectivity index (χ2n) is 7.63. The van der Waals surface area contributed by atoms with Crippen LogP contribution >= 0.6 is 0 Å². The standard InChI is InChI=1S/C19H28/c1-5-6-15-7-9-16(10-8-15)17-13-18(3)11-12-19(17,4)14(18)2/h7-10,14,17H,5-6,11-13H2,1-4H3. The maximum atomic E-state index is 2.54. The Kier molecular flexibility index (Phi) is 3.04. The van der Waals surface area contributed by atoms with Crippen molar-refractivity contribution in [1.82, 2.24) is 0 Å². The highest BCUT2D eigenvalue weighted by Gasteiger charge is 2.60. The van der Waals surface area contributed by atoms with Gasteiger partial charge in [-0.2, -0.15) is 0 Å². The SMILES string of the molecule is CCCc1ccc(C2CC3(C)CCC2(C)C3C)cc1. The molecule has 0 saturated heterocycles. The third-order valence-electron chi connectivity index (χ3n) is 6.66. The summed E-state index contributed by atoms with van der Waals surface area (Å²) in [6, 6.07) is 9.55. The van der Waals surface area contributed by atoms with E-state index in [4.69, 9.17) is 0 Å². The van der Waals surface area contributed by atoms with Crippen molar-refractivity contribution in [3.05, 3.63) is 35.4 Å². The predicted octanol–water partition coefficient (Wildman–Crippen LogP) is 5.57. The van der Waals surface area contributed by atoms with Crippen LogP contribution in [0.2, 0.25) is 0 Å². The molecule has 0 amide bonds. The molecule has 2 bridgehead atoms. The highest BCUT2D eigenvalue weighted by molar-refractivity contribution is 5.31. The second kappa shape index (κ2) is 4.36. The van der Waals surface area contributed by atoms with Gasteiger partial charge in [-0.15, -0.1) is 0 Å². The van der Waals surface area contributed by atoms with Crippen LogP contribution in [0, 0.1) is 16.7 Å². The summed E-state index contributed by atoms with van der Waals surface area (Å²) in [5, 5.41) is 0. The molecule has 0 nitrogen and oxygen atoms in total. The van der Waals surface area contributed by atoms with E-state index in [0.29, 0.717) is 10.8 Å². The van der Waals surface area contributed by atoms with Crippen LogP contribution in [0.1, 0.15) is 70.4 Å². The van der Waals surface area contributed by atoms with Crippen molar-refractivity contribution in [2.75, 3.05) is 0 Å². The smallest absolute Gasteiger partial charge is 0.00999 e. The van der Waals surface area contributed by atoms with Gasteiger partial charge in [-0.1, -0.05) is 58.4 Å². The van der Waals surface area contributed by atoms with Gasteiger partial charge in [0.1, 0.15) is 0 Å². The van der Waals surface area contributed by atoms with Crippen molar-refractivity contribution in [2.45, 2.75) is 65.7 Å². The van der Waals surface area contributed by atoms with Gasteiger partial charge in [-0.3, -0.25) is 0 Å². The Morgan fingerprint density at radius 1 is 1.11 bits per heavy atom. The fraction of sp³-hybridized carbons (Fsp3) is 0.684. The molecule has 0 spiro atoms.